The third-order valence-electron chi connectivity index (χ3n) is 14.6. The van der Waals surface area contributed by atoms with E-state index >= 15 is 0 Å². The first kappa shape index (κ1) is 65.2. The van der Waals surface area contributed by atoms with Gasteiger partial charge in [0.05, 0.1) is 50.4 Å². The van der Waals surface area contributed by atoms with Crippen molar-refractivity contribution < 1.29 is 38.7 Å². The fourth-order valence-corrected chi connectivity index (χ4v) is 13.8. The molecular weight excluding hydrogens is 1310 g/mol. The maximum absolute atomic E-state index is 13.0. The first-order chi connectivity index (χ1) is 43.3. The summed E-state index contributed by atoms with van der Waals surface area (Å²) in [4.78, 5) is 58.3. The lowest BCUT2D eigenvalue weighted by molar-refractivity contribution is 0.0814. The first-order valence-corrected chi connectivity index (χ1v) is 39.6. The number of nitrogens with zero attached hydrogens (tertiary/aromatic N) is 6. The van der Waals surface area contributed by atoms with Gasteiger partial charge in [-0.1, -0.05) is 178 Å². The summed E-state index contributed by atoms with van der Waals surface area (Å²) in [5.74, 6) is 0.158. The Morgan fingerprint density at radius 1 is 0.467 bits per heavy atom. The van der Waals surface area contributed by atoms with Crippen LogP contribution in [0.5, 0.6) is 0 Å². The summed E-state index contributed by atoms with van der Waals surface area (Å²) in [6.07, 6.45) is 5.78. The van der Waals surface area contributed by atoms with Gasteiger partial charge in [0.25, 0.3) is 23.6 Å². The van der Waals surface area contributed by atoms with Gasteiger partial charge in [-0.25, -0.2) is 19.2 Å². The van der Waals surface area contributed by atoms with Gasteiger partial charge in [0.15, 0.2) is 0 Å². The molecule has 4 amide bonds. The van der Waals surface area contributed by atoms with Gasteiger partial charge in [0.2, 0.25) is 0 Å². The lowest BCUT2D eigenvalue weighted by Crippen LogP contribution is -2.29. The van der Waals surface area contributed by atoms with Crippen LogP contribution >= 0.6 is 46.1 Å². The number of fused-ring (bicyclic) bond motifs is 4. The molecule has 2 aliphatic rings. The van der Waals surface area contributed by atoms with Crippen molar-refractivity contribution in [1.82, 2.24) is 19.6 Å². The number of halogens is 1. The molecule has 14 nitrogen and oxygen atoms in total. The third-order valence-corrected chi connectivity index (χ3v) is 20.7. The molecule has 4 heterocycles. The smallest absolute Gasteiger partial charge is 0.424 e. The standard InChI is InChI=1S/C35H33N3O3SSi.C27H26IN3O3SSi.C8H9BO2/c1-43(2,3)21-20-41-24-37-33-23-28(17-18-31(33)32(36-37)19-16-25-10-5-4-6-11-25)42-27-13-9-12-26(22-27)38-34(39)29-14-7-8-15-30(29)35(38)40;1-36(2,3)14-13-34-17-30-24-16-20(11-12-23(24)25(28)29-30)35-19-8-6-7-18(15-19)31-26(32)21-9-4-5-10-22(21)27(31)33;10-9(11)7-6-8-4-2-1-3-5-8/h4-19,22-23H,20-21,24H2,1-3H3;4-12,15-16H,13-14,17H2,1-3H3;1-7,10-11H/b19-16+;;7-6+. The Morgan fingerprint density at radius 2 is 0.867 bits per heavy atom. The van der Waals surface area contributed by atoms with Crippen LogP contribution in [-0.2, 0) is 22.9 Å². The minimum atomic E-state index is -1.37. The molecule has 0 spiro atoms. The third kappa shape index (κ3) is 16.6. The highest BCUT2D eigenvalue weighted by atomic mass is 127. The zero-order chi connectivity index (χ0) is 63.5. The minimum Gasteiger partial charge on any atom is -0.424 e. The second kappa shape index (κ2) is 29.5. The Bertz CT molecular complexity index is 4230. The lowest BCUT2D eigenvalue weighted by atomic mass is 9.91. The van der Waals surface area contributed by atoms with Gasteiger partial charge in [0, 0.05) is 59.7 Å². The number of hydrogen-bond acceptors (Lipinski definition) is 12. The average Bonchev–Trinajstić information content (AvgIpc) is 1.73. The number of rotatable bonds is 20. The van der Waals surface area contributed by atoms with E-state index in [9.17, 15) is 19.2 Å². The Morgan fingerprint density at radius 3 is 1.31 bits per heavy atom. The number of amides is 4. The molecule has 0 unspecified atom stereocenters. The topological polar surface area (TPSA) is 169 Å². The first-order valence-electron chi connectivity index (χ1n) is 29.4. The maximum atomic E-state index is 13.0. The minimum absolute atomic E-state index is 0.285. The SMILES string of the molecule is C[Si](C)(C)CCOCn1nc(/C=C/c2ccccc2)c2ccc(Sc3cccc(N4C(=O)c5ccccc5C4=O)c3)cc21.C[Si](C)(C)CCOCn1nc(I)c2ccc(Sc3cccc(N4C(=O)c5ccccc5C4=O)c3)cc21.OB(O)/C=C/c1ccccc1. The molecule has 90 heavy (non-hydrogen) atoms. The van der Waals surface area contributed by atoms with Crippen LogP contribution < -0.4 is 9.80 Å². The molecule has 2 N–H and O–H groups in total. The van der Waals surface area contributed by atoms with Crippen LogP contribution in [0.4, 0.5) is 11.4 Å². The maximum Gasteiger partial charge on any atom is 0.480 e. The van der Waals surface area contributed by atoms with Crippen molar-refractivity contribution in [2.24, 2.45) is 0 Å². The van der Waals surface area contributed by atoms with Gasteiger partial charge in [-0.3, -0.25) is 19.2 Å². The number of carbonyl (C=O) groups is 4. The average molecular weight is 1380 g/mol. The largest absolute Gasteiger partial charge is 0.480 e. The van der Waals surface area contributed by atoms with Crippen molar-refractivity contribution in [3.63, 3.8) is 0 Å². The summed E-state index contributed by atoms with van der Waals surface area (Å²) in [5.41, 5.74) is 7.87. The van der Waals surface area contributed by atoms with Crippen molar-refractivity contribution in [2.75, 3.05) is 23.0 Å². The monoisotopic (exact) mass is 1380 g/mol. The molecular formula is C70H68BIN6O8S2Si2. The zero-order valence-corrected chi connectivity index (χ0v) is 56.6. The quantitative estimate of drug-likeness (QED) is 0.0321. The number of hydrogen-bond donors (Lipinski definition) is 2. The highest BCUT2D eigenvalue weighted by Crippen LogP contribution is 2.38. The fraction of sp³-hybridized carbons (Fsp3) is 0.171. The summed E-state index contributed by atoms with van der Waals surface area (Å²) in [6, 6.07) is 63.5. The van der Waals surface area contributed by atoms with Crippen LogP contribution in [0.1, 0.15) is 58.3 Å². The van der Waals surface area contributed by atoms with Gasteiger partial charge < -0.3 is 19.5 Å². The number of imide groups is 2. The summed E-state index contributed by atoms with van der Waals surface area (Å²) >= 11 is 5.42. The molecule has 0 bridgehead atoms. The Balaban J connectivity index is 0.000000171. The number of anilines is 2. The van der Waals surface area contributed by atoms with Crippen LogP contribution in [0.25, 0.3) is 40.0 Å². The van der Waals surface area contributed by atoms with Gasteiger partial charge in [0.1, 0.15) is 17.2 Å². The molecule has 0 saturated carbocycles. The van der Waals surface area contributed by atoms with E-state index in [-0.39, 0.29) is 23.6 Å². The zero-order valence-electron chi connectivity index (χ0n) is 50.8. The van der Waals surface area contributed by atoms with E-state index in [2.05, 4.69) is 128 Å². The molecule has 0 fully saturated rings. The van der Waals surface area contributed by atoms with E-state index in [1.807, 2.05) is 94.3 Å². The Hall–Kier alpha value is -7.77. The number of benzene rings is 8. The fourth-order valence-electron chi connectivity index (χ4n) is 9.79. The van der Waals surface area contributed by atoms with Gasteiger partial charge in [-0.05, 0) is 149 Å². The van der Waals surface area contributed by atoms with E-state index in [1.54, 1.807) is 90.3 Å². The van der Waals surface area contributed by atoms with E-state index in [4.69, 9.17) is 24.6 Å². The summed E-state index contributed by atoms with van der Waals surface area (Å²) < 4.78 is 16.8. The Labute approximate surface area is 548 Å². The second-order valence-electron chi connectivity index (χ2n) is 23.8. The molecule has 8 aromatic carbocycles. The highest BCUT2D eigenvalue weighted by molar-refractivity contribution is 14.1. The van der Waals surface area contributed by atoms with Crippen molar-refractivity contribution in [3.05, 3.63) is 243 Å². The molecule has 10 aromatic rings. The van der Waals surface area contributed by atoms with E-state index < -0.39 is 23.3 Å². The van der Waals surface area contributed by atoms with Crippen LogP contribution in [0.3, 0.4) is 0 Å². The van der Waals surface area contributed by atoms with Crippen molar-refractivity contribution >= 4 is 144 Å². The predicted octanol–water partition coefficient (Wildman–Crippen LogP) is 16.1. The van der Waals surface area contributed by atoms with Gasteiger partial charge >= 0.3 is 7.12 Å². The van der Waals surface area contributed by atoms with Gasteiger partial charge in [-0.15, -0.1) is 0 Å². The second-order valence-corrected chi connectivity index (χ2v) is 38.4. The molecule has 2 aromatic heterocycles. The normalized spacial score (nSPS) is 13.1. The molecule has 0 radical (unpaired) electrons. The van der Waals surface area contributed by atoms with E-state index in [0.717, 1.165) is 80.6 Å². The molecule has 456 valence electrons. The van der Waals surface area contributed by atoms with Gasteiger partial charge in [-0.2, -0.15) is 10.2 Å². The van der Waals surface area contributed by atoms with Crippen molar-refractivity contribution in [2.45, 2.75) is 84.4 Å². The summed E-state index contributed by atoms with van der Waals surface area (Å²) in [5, 5.41) is 28.7. The molecule has 20 heteroatoms. The molecule has 0 saturated heterocycles. The highest BCUT2D eigenvalue weighted by Gasteiger charge is 2.37. The molecule has 2 aliphatic heterocycles. The Kier molecular flexibility index (Phi) is 21.3. The van der Waals surface area contributed by atoms with Crippen LogP contribution in [-0.4, -0.2) is 89.7 Å². The summed E-state index contributed by atoms with van der Waals surface area (Å²) in [6.45, 7) is 16.3. The number of carbonyl (C=O) groups excluding carboxylic acids is 4. The summed E-state index contributed by atoms with van der Waals surface area (Å²) in [7, 11) is -3.71. The molecule has 0 atom stereocenters. The molecule has 12 rings (SSSR count). The van der Waals surface area contributed by atoms with Crippen molar-refractivity contribution in [3.8, 4) is 0 Å². The number of ether oxygens (including phenoxy) is 2. The van der Waals surface area contributed by atoms with E-state index in [0.29, 0.717) is 53.7 Å². The molecule has 0 aliphatic carbocycles. The van der Waals surface area contributed by atoms with Crippen LogP contribution in [0, 0.1) is 3.70 Å². The van der Waals surface area contributed by atoms with Crippen LogP contribution in [0.15, 0.2) is 220 Å². The predicted molar refractivity (Wildman–Crippen MR) is 378 cm³/mol. The lowest BCUT2D eigenvalue weighted by Gasteiger charge is -2.15. The van der Waals surface area contributed by atoms with Crippen molar-refractivity contribution in [1.29, 1.82) is 0 Å². The van der Waals surface area contributed by atoms with Crippen LogP contribution in [0.2, 0.25) is 51.4 Å². The van der Waals surface area contributed by atoms with E-state index in [1.165, 1.54) is 15.8 Å². The number of aromatic nitrogens is 4.